The number of pyridine rings is 1. The summed E-state index contributed by atoms with van der Waals surface area (Å²) in [4.78, 5) is 63.1. The van der Waals surface area contributed by atoms with E-state index in [0.717, 1.165) is 15.8 Å². The fraction of sp³-hybridized carbons (Fsp3) is 0.643. The van der Waals surface area contributed by atoms with Crippen molar-refractivity contribution in [2.45, 2.75) is 145 Å². The number of allylic oxidation sites excluding steroid dienone is 1. The van der Waals surface area contributed by atoms with Gasteiger partial charge in [0.05, 0.1) is 29.6 Å². The topological polar surface area (TPSA) is 185 Å². The molecule has 18 heteroatoms. The summed E-state index contributed by atoms with van der Waals surface area (Å²) < 4.78 is 84.8. The molecule has 0 radical (unpaired) electrons. The molecule has 328 valence electrons. The van der Waals surface area contributed by atoms with Gasteiger partial charge in [0.2, 0.25) is 21.8 Å². The number of alkyl halides is 3. The number of methoxy groups -OCH3 is 1. The van der Waals surface area contributed by atoms with Crippen molar-refractivity contribution in [2.75, 3.05) is 13.7 Å². The molecule has 60 heavy (non-hydrogen) atoms. The SMILES string of the molecule is COc1ccc2nc(C)c3c(c2c1)CC[C@]1(C[C@H]2C(=O)N[C@]4(C(=O)NS(=O)(=O)C5(C)CC5)C[C@H]4/C=C\CCCCC[C@H](N(C(=O)O)C(C(C)(C)C)C(F)(F)F)C(=O)N2C1)O3. The first-order valence-corrected chi connectivity index (χ1v) is 22.0. The van der Waals surface area contributed by atoms with Gasteiger partial charge in [-0.2, -0.15) is 13.2 Å². The summed E-state index contributed by atoms with van der Waals surface area (Å²) in [5.41, 5.74) is -2.61. The number of ether oxygens (including phenoxy) is 2. The van der Waals surface area contributed by atoms with Gasteiger partial charge in [-0.05, 0) is 88.8 Å². The van der Waals surface area contributed by atoms with Gasteiger partial charge in [-0.25, -0.2) is 18.2 Å². The number of carboxylic acid groups (broad SMARTS) is 1. The third-order valence-electron chi connectivity index (χ3n) is 13.1. The molecular weight excluding hydrogens is 808 g/mol. The normalized spacial score (nSPS) is 29.1. The van der Waals surface area contributed by atoms with Crippen LogP contribution in [0.2, 0.25) is 0 Å². The number of rotatable bonds is 6. The third-order valence-corrected chi connectivity index (χ3v) is 15.3. The number of sulfonamides is 1. The van der Waals surface area contributed by atoms with Crippen molar-refractivity contribution < 1.29 is 55.3 Å². The Morgan fingerprint density at radius 1 is 1.12 bits per heavy atom. The Bertz CT molecular complexity index is 2230. The summed E-state index contributed by atoms with van der Waals surface area (Å²) in [6, 6.07) is -0.425. The molecule has 6 atom stereocenters. The van der Waals surface area contributed by atoms with E-state index in [1.807, 2.05) is 18.2 Å². The molecule has 3 N–H and O–H groups in total. The second-order valence-corrected chi connectivity index (χ2v) is 20.8. The van der Waals surface area contributed by atoms with Crippen molar-refractivity contribution in [1.82, 2.24) is 24.8 Å². The number of aromatic nitrogens is 1. The lowest BCUT2D eigenvalue weighted by Gasteiger charge is -2.44. The Hall–Kier alpha value is -4.61. The molecule has 2 aliphatic carbocycles. The first-order valence-electron chi connectivity index (χ1n) is 20.6. The van der Waals surface area contributed by atoms with E-state index < -0.39 is 85.4 Å². The van der Waals surface area contributed by atoms with E-state index >= 15 is 4.79 Å². The van der Waals surface area contributed by atoms with Crippen LogP contribution in [0.3, 0.4) is 0 Å². The van der Waals surface area contributed by atoms with E-state index in [2.05, 4.69) is 10.0 Å². The number of carbonyl (C=O) groups is 4. The summed E-state index contributed by atoms with van der Waals surface area (Å²) in [6.07, 6.45) is -0.713. The lowest BCUT2D eigenvalue weighted by molar-refractivity contribution is -0.209. The first-order chi connectivity index (χ1) is 28.0. The number of hydrogen-bond acceptors (Lipinski definition) is 9. The molecule has 3 fully saturated rings. The van der Waals surface area contributed by atoms with Crippen LogP contribution in [0.5, 0.6) is 11.5 Å². The van der Waals surface area contributed by atoms with Gasteiger partial charge in [0.1, 0.15) is 40.8 Å². The van der Waals surface area contributed by atoms with Gasteiger partial charge < -0.3 is 24.8 Å². The number of nitrogens with zero attached hydrogens (tertiary/aromatic N) is 3. The van der Waals surface area contributed by atoms with Crippen LogP contribution in [-0.2, 0) is 30.8 Å². The zero-order chi connectivity index (χ0) is 43.8. The smallest absolute Gasteiger partial charge is 0.409 e. The predicted molar refractivity (Wildman–Crippen MR) is 214 cm³/mol. The van der Waals surface area contributed by atoms with E-state index in [9.17, 15) is 41.1 Å². The van der Waals surface area contributed by atoms with Crippen molar-refractivity contribution in [1.29, 1.82) is 0 Å². The molecule has 7 rings (SSSR count). The third kappa shape index (κ3) is 7.88. The summed E-state index contributed by atoms with van der Waals surface area (Å²) >= 11 is 0. The summed E-state index contributed by atoms with van der Waals surface area (Å²) in [6.45, 7) is 6.78. The summed E-state index contributed by atoms with van der Waals surface area (Å²) in [5.74, 6) is -2.33. The molecule has 1 aromatic heterocycles. The number of amides is 4. The molecule has 5 aliphatic rings. The van der Waals surface area contributed by atoms with Crippen LogP contribution in [0.4, 0.5) is 18.0 Å². The highest BCUT2D eigenvalue weighted by atomic mass is 32.2. The van der Waals surface area contributed by atoms with Crippen LogP contribution in [0.1, 0.15) is 103 Å². The van der Waals surface area contributed by atoms with E-state index in [-0.39, 0.29) is 43.5 Å². The maximum atomic E-state index is 15.1. The van der Waals surface area contributed by atoms with E-state index in [0.29, 0.717) is 61.2 Å². The maximum absolute atomic E-state index is 15.1. The second-order valence-electron chi connectivity index (χ2n) is 18.6. The van der Waals surface area contributed by atoms with Crippen LogP contribution in [-0.4, -0.2) is 106 Å². The number of hydrogen-bond donors (Lipinski definition) is 3. The molecule has 2 aromatic rings. The van der Waals surface area contributed by atoms with Crippen LogP contribution in [0, 0.1) is 18.3 Å². The van der Waals surface area contributed by atoms with Gasteiger partial charge in [0.25, 0.3) is 5.91 Å². The lowest BCUT2D eigenvalue weighted by atomic mass is 9.84. The zero-order valence-electron chi connectivity index (χ0n) is 34.8. The van der Waals surface area contributed by atoms with Gasteiger partial charge in [-0.1, -0.05) is 45.8 Å². The van der Waals surface area contributed by atoms with Crippen LogP contribution in [0.15, 0.2) is 30.4 Å². The number of nitrogens with one attached hydrogen (secondary N) is 2. The molecule has 1 saturated heterocycles. The quantitative estimate of drug-likeness (QED) is 0.294. The Balaban J connectivity index is 1.31. The molecule has 4 amide bonds. The van der Waals surface area contributed by atoms with Crippen molar-refractivity contribution in [3.05, 3.63) is 41.6 Å². The molecule has 0 bridgehead atoms. The average Bonchev–Trinajstić information content (AvgIpc) is 4.05. The summed E-state index contributed by atoms with van der Waals surface area (Å²) in [7, 11) is -2.57. The van der Waals surface area contributed by atoms with Crippen LogP contribution < -0.4 is 19.5 Å². The number of benzene rings is 1. The van der Waals surface area contributed by atoms with Gasteiger partial charge in [-0.15, -0.1) is 0 Å². The Morgan fingerprint density at radius 3 is 2.47 bits per heavy atom. The molecule has 14 nitrogen and oxygen atoms in total. The van der Waals surface area contributed by atoms with Gasteiger partial charge in [0.15, 0.2) is 0 Å². The highest BCUT2D eigenvalue weighted by molar-refractivity contribution is 7.91. The van der Waals surface area contributed by atoms with Gasteiger partial charge in [0, 0.05) is 23.3 Å². The fourth-order valence-corrected chi connectivity index (χ4v) is 10.7. The molecule has 1 aromatic carbocycles. The molecule has 4 heterocycles. The first kappa shape index (κ1) is 43.5. The number of halogens is 3. The number of aryl methyl sites for hydroxylation is 2. The lowest BCUT2D eigenvalue weighted by Crippen LogP contribution is -2.63. The van der Waals surface area contributed by atoms with E-state index in [1.54, 1.807) is 26.2 Å². The largest absolute Gasteiger partial charge is 0.497 e. The van der Waals surface area contributed by atoms with Crippen molar-refractivity contribution >= 4 is 44.7 Å². The molecule has 2 saturated carbocycles. The Labute approximate surface area is 347 Å². The second kappa shape index (κ2) is 15.1. The Kier molecular flexibility index (Phi) is 10.9. The van der Waals surface area contributed by atoms with Gasteiger partial charge >= 0.3 is 12.3 Å². The number of fused-ring (bicyclic) bond motifs is 5. The zero-order valence-corrected chi connectivity index (χ0v) is 35.6. The minimum Gasteiger partial charge on any atom is -0.497 e. The fourth-order valence-electron chi connectivity index (χ4n) is 9.39. The predicted octanol–water partition coefficient (Wildman–Crippen LogP) is 5.94. The van der Waals surface area contributed by atoms with Gasteiger partial charge in [-0.3, -0.25) is 24.0 Å². The highest BCUT2D eigenvalue weighted by Crippen LogP contribution is 2.50. The molecule has 1 unspecified atom stereocenters. The minimum atomic E-state index is -5.06. The monoisotopic (exact) mass is 861 g/mol. The highest BCUT2D eigenvalue weighted by Gasteiger charge is 2.64. The van der Waals surface area contributed by atoms with Crippen LogP contribution in [0.25, 0.3) is 10.9 Å². The van der Waals surface area contributed by atoms with Crippen LogP contribution >= 0.6 is 0 Å². The standard InChI is InChI=1S/C42H54F3N5O9S/c1-24-32-27(28-20-26(58-6)14-15-29(28)46-24)16-17-40(59-32)22-31-33(51)47-41(36(53)48-60(56,57)39(5)18-19-39)21-25(41)12-10-8-7-9-11-13-30(34(52)49(31)23-40)50(37(54)55)35(38(2,3)4)42(43,44)45/h10,12,14-15,20,25,30-31,35H,7-9,11,13,16-19,21-23H2,1-6H3,(H,47,51)(H,48,53)(H,54,55)/b12-10-/t25-,30+,31+,35?,40-,41-/m1/s1. The molecule has 1 spiro atoms. The average molecular weight is 862 g/mol. The van der Waals surface area contributed by atoms with E-state index in [4.69, 9.17) is 14.5 Å². The molecule has 3 aliphatic heterocycles. The summed E-state index contributed by atoms with van der Waals surface area (Å²) in [5, 5.41) is 14.1. The van der Waals surface area contributed by atoms with Crippen molar-refractivity contribution in [2.24, 2.45) is 11.3 Å². The van der Waals surface area contributed by atoms with Crippen molar-refractivity contribution in [3.8, 4) is 11.5 Å². The Morgan fingerprint density at radius 2 is 1.83 bits per heavy atom. The minimum absolute atomic E-state index is 0.0681. The maximum Gasteiger partial charge on any atom is 0.409 e. The van der Waals surface area contributed by atoms with E-state index in [1.165, 1.54) is 27.7 Å². The van der Waals surface area contributed by atoms with Crippen molar-refractivity contribution in [3.63, 3.8) is 0 Å². The molecular formula is C42H54F3N5O9S. The number of carbonyl (C=O) groups excluding carboxylic acids is 3.